The van der Waals surface area contributed by atoms with Gasteiger partial charge in [-0.15, -0.1) is 0 Å². The predicted molar refractivity (Wildman–Crippen MR) is 211 cm³/mol. The van der Waals surface area contributed by atoms with Gasteiger partial charge in [-0.2, -0.15) is 5.26 Å². The van der Waals surface area contributed by atoms with Crippen LogP contribution in [0.5, 0.6) is 0 Å². The molecule has 0 radical (unpaired) electrons. The molecular formula is C41H46N10O4. The Morgan fingerprint density at radius 3 is 2.64 bits per heavy atom. The first-order valence-corrected chi connectivity index (χ1v) is 18.8. The minimum Gasteiger partial charge on any atom is -0.378 e. The van der Waals surface area contributed by atoms with E-state index in [4.69, 9.17) is 9.72 Å². The molecule has 2 fully saturated rings. The Balaban J connectivity index is 1.10. The lowest BCUT2D eigenvalue weighted by atomic mass is 9.90. The van der Waals surface area contributed by atoms with Gasteiger partial charge in [0.15, 0.2) is 5.82 Å². The van der Waals surface area contributed by atoms with E-state index >= 15 is 0 Å². The molecule has 55 heavy (non-hydrogen) atoms. The largest absolute Gasteiger partial charge is 0.378 e. The summed E-state index contributed by atoms with van der Waals surface area (Å²) in [6.45, 7) is 17.0. The van der Waals surface area contributed by atoms with Crippen molar-refractivity contribution in [2.24, 2.45) is 12.5 Å². The Labute approximate surface area is 320 Å². The van der Waals surface area contributed by atoms with Gasteiger partial charge in [-0.05, 0) is 68.0 Å². The molecule has 0 bridgehead atoms. The van der Waals surface area contributed by atoms with Gasteiger partial charge in [0.25, 0.3) is 11.5 Å². The summed E-state index contributed by atoms with van der Waals surface area (Å²) in [5.41, 5.74) is 6.77. The van der Waals surface area contributed by atoms with Crippen LogP contribution in [0, 0.1) is 23.7 Å². The average Bonchev–Trinajstić information content (AvgIpc) is 3.62. The molecule has 284 valence electrons. The van der Waals surface area contributed by atoms with Crippen molar-refractivity contribution in [2.75, 3.05) is 59.8 Å². The van der Waals surface area contributed by atoms with Crippen LogP contribution in [0.2, 0.25) is 0 Å². The summed E-state index contributed by atoms with van der Waals surface area (Å²) in [7, 11) is 1.65. The molecule has 4 aliphatic rings. The van der Waals surface area contributed by atoms with Crippen molar-refractivity contribution < 1.29 is 14.3 Å². The van der Waals surface area contributed by atoms with E-state index in [1.165, 1.54) is 21.9 Å². The summed E-state index contributed by atoms with van der Waals surface area (Å²) in [5.74, 6) is 0.0777. The number of hydrogen-bond acceptors (Lipinski definition) is 10. The molecular weight excluding hydrogens is 697 g/mol. The average molecular weight is 743 g/mol. The number of aryl methyl sites for hydroxylation is 1. The number of carbonyl (C=O) groups excluding carboxylic acids is 2. The van der Waals surface area contributed by atoms with Crippen LogP contribution in [0.25, 0.3) is 11.3 Å². The van der Waals surface area contributed by atoms with E-state index in [-0.39, 0.29) is 28.7 Å². The lowest BCUT2D eigenvalue weighted by Gasteiger charge is -2.47. The number of benzene rings is 1. The molecule has 3 aliphatic heterocycles. The van der Waals surface area contributed by atoms with Crippen LogP contribution in [0.4, 0.5) is 28.7 Å². The third-order valence-corrected chi connectivity index (χ3v) is 11.4. The molecule has 4 aromatic rings. The molecule has 1 unspecified atom stereocenters. The first-order chi connectivity index (χ1) is 26.3. The second-order valence-corrected chi connectivity index (χ2v) is 15.9. The van der Waals surface area contributed by atoms with E-state index in [9.17, 15) is 19.6 Å². The van der Waals surface area contributed by atoms with Gasteiger partial charge in [0.1, 0.15) is 17.6 Å². The fraction of sp³-hybridized carbons (Fsp3) is 0.415. The number of aromatic nitrogens is 4. The Hall–Kier alpha value is -5.78. The molecule has 8 rings (SSSR count). The molecule has 0 spiro atoms. The van der Waals surface area contributed by atoms with E-state index in [0.717, 1.165) is 50.3 Å². The van der Waals surface area contributed by atoms with Crippen molar-refractivity contribution in [3.05, 3.63) is 87.7 Å². The summed E-state index contributed by atoms with van der Waals surface area (Å²) in [4.78, 5) is 55.9. The van der Waals surface area contributed by atoms with Crippen LogP contribution in [0.1, 0.15) is 53.6 Å². The van der Waals surface area contributed by atoms with Crippen LogP contribution >= 0.6 is 0 Å². The summed E-state index contributed by atoms with van der Waals surface area (Å²) in [6.07, 6.45) is 6.41. The van der Waals surface area contributed by atoms with E-state index < -0.39 is 5.91 Å². The van der Waals surface area contributed by atoms with E-state index in [1.807, 2.05) is 13.0 Å². The van der Waals surface area contributed by atoms with Crippen LogP contribution in [-0.2, 0) is 36.0 Å². The lowest BCUT2D eigenvalue weighted by Crippen LogP contribution is -2.59. The Bertz CT molecular complexity index is 2350. The number of nitrogens with zero attached hydrogens (tertiary/aromatic N) is 8. The van der Waals surface area contributed by atoms with Gasteiger partial charge < -0.3 is 29.4 Å². The van der Waals surface area contributed by atoms with Crippen LogP contribution in [0.3, 0.4) is 0 Å². The highest BCUT2D eigenvalue weighted by Crippen LogP contribution is 2.41. The molecule has 2 saturated heterocycles. The first kappa shape index (κ1) is 36.2. The number of carbonyl (C=O) groups is 2. The Kier molecular flexibility index (Phi) is 9.09. The predicted octanol–water partition coefficient (Wildman–Crippen LogP) is 4.39. The summed E-state index contributed by atoms with van der Waals surface area (Å²) in [5, 5.41) is 16.5. The zero-order valence-corrected chi connectivity index (χ0v) is 32.0. The van der Waals surface area contributed by atoms with Crippen molar-refractivity contribution in [2.45, 2.75) is 59.2 Å². The third kappa shape index (κ3) is 6.47. The zero-order chi connectivity index (χ0) is 38.8. The van der Waals surface area contributed by atoms with E-state index in [2.05, 4.69) is 69.5 Å². The molecule has 2 amide bonds. The summed E-state index contributed by atoms with van der Waals surface area (Å²) in [6, 6.07) is 10.0. The van der Waals surface area contributed by atoms with E-state index in [1.54, 1.807) is 36.5 Å². The molecule has 1 aromatic carbocycles. The normalized spacial score (nSPS) is 19.3. The maximum absolute atomic E-state index is 13.9. The Morgan fingerprint density at radius 1 is 1.13 bits per heavy atom. The van der Waals surface area contributed by atoms with Crippen molar-refractivity contribution in [1.29, 1.82) is 5.26 Å². The maximum atomic E-state index is 13.9. The molecule has 14 heteroatoms. The minimum atomic E-state index is -0.423. The van der Waals surface area contributed by atoms with Gasteiger partial charge in [-0.1, -0.05) is 20.4 Å². The molecule has 3 aromatic heterocycles. The number of nitrogens with one attached hydrogen (secondary N) is 2. The van der Waals surface area contributed by atoms with Gasteiger partial charge in [0, 0.05) is 80.7 Å². The third-order valence-electron chi connectivity index (χ3n) is 11.4. The Morgan fingerprint density at radius 2 is 1.93 bits per heavy atom. The number of piperazine rings is 1. The monoisotopic (exact) mass is 742 g/mol. The van der Waals surface area contributed by atoms with Gasteiger partial charge in [0.2, 0.25) is 5.91 Å². The van der Waals surface area contributed by atoms with E-state index in [0.29, 0.717) is 65.5 Å². The highest BCUT2D eigenvalue weighted by molar-refractivity contribution is 6.06. The molecule has 6 heterocycles. The van der Waals surface area contributed by atoms with Crippen molar-refractivity contribution >= 4 is 40.5 Å². The number of amides is 2. The number of hydrogen-bond donors (Lipinski definition) is 2. The SMILES string of the molecule is C=CC(=O)Nc1cc(Nc2nc(-c3ccnc(N4CCn5c(cc6c5CC(C)(C)C6)C4=O)c3C)cn(C)c2=O)cc(C#N)c1N1CCN(C2COC2)CC1C. The molecule has 14 nitrogen and oxygen atoms in total. The van der Waals surface area contributed by atoms with Crippen molar-refractivity contribution in [3.8, 4) is 17.3 Å². The number of nitriles is 1. The van der Waals surface area contributed by atoms with Gasteiger partial charge in [-0.25, -0.2) is 9.97 Å². The van der Waals surface area contributed by atoms with Gasteiger partial charge in [-0.3, -0.25) is 24.2 Å². The quantitative estimate of drug-likeness (QED) is 0.249. The van der Waals surface area contributed by atoms with Gasteiger partial charge in [0.05, 0.1) is 41.9 Å². The summed E-state index contributed by atoms with van der Waals surface area (Å²) >= 11 is 0. The van der Waals surface area contributed by atoms with Crippen molar-refractivity contribution in [1.82, 2.24) is 24.0 Å². The minimum absolute atomic E-state index is 0.0319. The molecule has 1 atom stereocenters. The number of ether oxygens (including phenoxy) is 1. The topological polar surface area (TPSA) is 154 Å². The number of fused-ring (bicyclic) bond motifs is 3. The van der Waals surface area contributed by atoms with Crippen LogP contribution in [-0.4, -0.2) is 87.3 Å². The highest BCUT2D eigenvalue weighted by atomic mass is 16.5. The summed E-state index contributed by atoms with van der Waals surface area (Å²) < 4.78 is 9.04. The second-order valence-electron chi connectivity index (χ2n) is 15.9. The fourth-order valence-electron chi connectivity index (χ4n) is 8.61. The molecule has 2 N–H and O–H groups in total. The van der Waals surface area contributed by atoms with Crippen molar-refractivity contribution in [3.63, 3.8) is 0 Å². The first-order valence-electron chi connectivity index (χ1n) is 18.8. The molecule has 0 saturated carbocycles. The fourth-order valence-corrected chi connectivity index (χ4v) is 8.61. The van der Waals surface area contributed by atoms with Crippen LogP contribution in [0.15, 0.2) is 54.1 Å². The second kappa shape index (κ2) is 13.8. The maximum Gasteiger partial charge on any atom is 0.293 e. The van der Waals surface area contributed by atoms with Gasteiger partial charge >= 0.3 is 0 Å². The zero-order valence-electron chi connectivity index (χ0n) is 32.0. The highest BCUT2D eigenvalue weighted by Gasteiger charge is 2.38. The standard InChI is InChI=1S/C41H46N10O4/c1-7-35(52)45-31-16-28(14-27(19-42)36(31)49-11-10-48(20-24(49)2)29-22-55-23-29)44-37-40(54)47(6)21-32(46-37)30-8-9-43-38(25(30)3)51-13-12-50-33(39(51)53)15-26-17-41(4,5)18-34(26)50/h7-9,14-16,21,24,29H,1,10-13,17-18,20,22-23H2,2-6H3,(H,44,46)(H,45,52). The molecule has 1 aliphatic carbocycles. The lowest BCUT2D eigenvalue weighted by molar-refractivity contribution is -0.111. The number of anilines is 5. The van der Waals surface area contributed by atoms with Crippen LogP contribution < -0.4 is 26.0 Å². The number of rotatable bonds is 8. The number of pyridine rings is 1. The smallest absolute Gasteiger partial charge is 0.293 e.